The van der Waals surface area contributed by atoms with Crippen LogP contribution >= 0.6 is 11.3 Å². The fourth-order valence-electron chi connectivity index (χ4n) is 3.53. The second-order valence-corrected chi connectivity index (χ2v) is 8.53. The summed E-state index contributed by atoms with van der Waals surface area (Å²) in [5.41, 5.74) is 12.4. The standard InChI is InChI=1S/C24H25N5OS/c1-15-4-5-17(12-25)8-22(15)23(30)28-16(2)18-9-19(21-13-27-29(3)14-21)11-20(10-18)24-26-6-7-31-24/h4-11,13-14,16H,12,25H2,1-3H3,(H,28,30). The Morgan fingerprint density at radius 3 is 2.68 bits per heavy atom. The largest absolute Gasteiger partial charge is 0.346 e. The van der Waals surface area contributed by atoms with Crippen molar-refractivity contribution in [1.82, 2.24) is 20.1 Å². The highest BCUT2D eigenvalue weighted by atomic mass is 32.1. The van der Waals surface area contributed by atoms with Gasteiger partial charge in [-0.05, 0) is 60.4 Å². The van der Waals surface area contributed by atoms with E-state index in [2.05, 4.69) is 33.6 Å². The Balaban J connectivity index is 1.68. The number of hydrogen-bond acceptors (Lipinski definition) is 5. The van der Waals surface area contributed by atoms with Crippen LogP contribution in [0.4, 0.5) is 0 Å². The van der Waals surface area contributed by atoms with Gasteiger partial charge in [0.1, 0.15) is 5.01 Å². The zero-order valence-electron chi connectivity index (χ0n) is 17.8. The van der Waals surface area contributed by atoms with Crippen molar-refractivity contribution in [3.63, 3.8) is 0 Å². The third kappa shape index (κ3) is 4.57. The van der Waals surface area contributed by atoms with Crippen molar-refractivity contribution >= 4 is 17.2 Å². The number of rotatable bonds is 6. The molecule has 31 heavy (non-hydrogen) atoms. The van der Waals surface area contributed by atoms with Crippen LogP contribution in [-0.2, 0) is 13.6 Å². The highest BCUT2D eigenvalue weighted by Gasteiger charge is 2.17. The first kappa shape index (κ1) is 21.0. The van der Waals surface area contributed by atoms with Gasteiger partial charge < -0.3 is 11.1 Å². The van der Waals surface area contributed by atoms with E-state index in [0.717, 1.165) is 38.4 Å². The number of aryl methyl sites for hydroxylation is 2. The molecule has 0 bridgehead atoms. The minimum absolute atomic E-state index is 0.108. The monoisotopic (exact) mass is 431 g/mol. The van der Waals surface area contributed by atoms with Crippen LogP contribution in [0, 0.1) is 6.92 Å². The molecule has 158 valence electrons. The zero-order valence-corrected chi connectivity index (χ0v) is 18.6. The topological polar surface area (TPSA) is 85.8 Å². The molecule has 0 aliphatic carbocycles. The Hall–Kier alpha value is -3.29. The average Bonchev–Trinajstić information content (AvgIpc) is 3.46. The van der Waals surface area contributed by atoms with Crippen LogP contribution in [0.15, 0.2) is 60.4 Å². The summed E-state index contributed by atoms with van der Waals surface area (Å²) in [7, 11) is 1.90. The fourth-order valence-corrected chi connectivity index (χ4v) is 4.15. The van der Waals surface area contributed by atoms with Crippen LogP contribution in [-0.4, -0.2) is 20.7 Å². The molecular weight excluding hydrogens is 406 g/mol. The quantitative estimate of drug-likeness (QED) is 0.472. The number of aromatic nitrogens is 3. The Morgan fingerprint density at radius 1 is 1.19 bits per heavy atom. The van der Waals surface area contributed by atoms with Gasteiger partial charge in [0.05, 0.1) is 12.2 Å². The molecule has 0 saturated heterocycles. The highest BCUT2D eigenvalue weighted by Crippen LogP contribution is 2.31. The van der Waals surface area contributed by atoms with E-state index in [0.29, 0.717) is 12.1 Å². The molecule has 4 aromatic rings. The van der Waals surface area contributed by atoms with Crippen molar-refractivity contribution in [3.8, 4) is 21.7 Å². The van der Waals surface area contributed by atoms with E-state index in [1.54, 1.807) is 22.2 Å². The van der Waals surface area contributed by atoms with E-state index in [-0.39, 0.29) is 11.9 Å². The summed E-state index contributed by atoms with van der Waals surface area (Å²) in [4.78, 5) is 17.5. The van der Waals surface area contributed by atoms with Gasteiger partial charge in [-0.3, -0.25) is 9.48 Å². The van der Waals surface area contributed by atoms with Crippen molar-refractivity contribution < 1.29 is 4.79 Å². The third-order valence-electron chi connectivity index (χ3n) is 5.30. The molecule has 2 aromatic carbocycles. The zero-order chi connectivity index (χ0) is 22.0. The van der Waals surface area contributed by atoms with Gasteiger partial charge >= 0.3 is 0 Å². The van der Waals surface area contributed by atoms with Crippen LogP contribution in [0.1, 0.15) is 40.0 Å². The average molecular weight is 432 g/mol. The number of nitrogens with one attached hydrogen (secondary N) is 1. The molecule has 0 saturated carbocycles. The summed E-state index contributed by atoms with van der Waals surface area (Å²) in [6.07, 6.45) is 5.63. The number of hydrogen-bond donors (Lipinski definition) is 2. The minimum atomic E-state index is -0.191. The van der Waals surface area contributed by atoms with E-state index >= 15 is 0 Å². The van der Waals surface area contributed by atoms with Gasteiger partial charge in [-0.2, -0.15) is 5.10 Å². The Morgan fingerprint density at radius 2 is 2.00 bits per heavy atom. The maximum atomic E-state index is 13.0. The van der Waals surface area contributed by atoms with E-state index in [9.17, 15) is 4.79 Å². The first-order valence-electron chi connectivity index (χ1n) is 10.1. The van der Waals surface area contributed by atoms with E-state index in [4.69, 9.17) is 5.73 Å². The van der Waals surface area contributed by atoms with Gasteiger partial charge in [-0.25, -0.2) is 4.98 Å². The van der Waals surface area contributed by atoms with E-state index in [1.807, 2.05) is 56.9 Å². The number of carbonyl (C=O) groups excluding carboxylic acids is 1. The first-order chi connectivity index (χ1) is 14.9. The number of benzene rings is 2. The molecule has 0 aliphatic rings. The number of carbonyl (C=O) groups is 1. The molecule has 7 heteroatoms. The molecule has 0 radical (unpaired) electrons. The van der Waals surface area contributed by atoms with Crippen LogP contribution in [0.5, 0.6) is 0 Å². The van der Waals surface area contributed by atoms with Gasteiger partial charge in [0.25, 0.3) is 5.91 Å². The minimum Gasteiger partial charge on any atom is -0.346 e. The van der Waals surface area contributed by atoms with Crippen LogP contribution in [0.2, 0.25) is 0 Å². The summed E-state index contributed by atoms with van der Waals surface area (Å²) < 4.78 is 1.78. The normalized spacial score (nSPS) is 12.0. The van der Waals surface area contributed by atoms with Crippen LogP contribution in [0.25, 0.3) is 21.7 Å². The Bertz CT molecular complexity index is 1210. The molecule has 0 spiro atoms. The van der Waals surface area contributed by atoms with E-state index < -0.39 is 0 Å². The summed E-state index contributed by atoms with van der Waals surface area (Å²) in [5.74, 6) is -0.108. The fraction of sp³-hybridized carbons (Fsp3) is 0.208. The molecule has 3 N–H and O–H groups in total. The lowest BCUT2D eigenvalue weighted by molar-refractivity contribution is 0.0939. The first-order valence-corrected chi connectivity index (χ1v) is 11.0. The Kier molecular flexibility index (Phi) is 5.97. The molecule has 6 nitrogen and oxygen atoms in total. The van der Waals surface area contributed by atoms with Gasteiger partial charge in [-0.1, -0.05) is 12.1 Å². The van der Waals surface area contributed by atoms with Gasteiger partial charge in [0.15, 0.2) is 0 Å². The number of nitrogens with two attached hydrogens (primary N) is 1. The number of nitrogens with zero attached hydrogens (tertiary/aromatic N) is 3. The second-order valence-electron chi connectivity index (χ2n) is 7.63. The summed E-state index contributed by atoms with van der Waals surface area (Å²) in [6.45, 7) is 4.33. The predicted molar refractivity (Wildman–Crippen MR) is 125 cm³/mol. The lowest BCUT2D eigenvalue weighted by atomic mass is 9.98. The van der Waals surface area contributed by atoms with Crippen molar-refractivity contribution in [2.45, 2.75) is 26.4 Å². The maximum absolute atomic E-state index is 13.0. The number of amides is 1. The summed E-state index contributed by atoms with van der Waals surface area (Å²) in [5, 5.41) is 10.3. The van der Waals surface area contributed by atoms with Crippen molar-refractivity contribution in [3.05, 3.63) is 82.6 Å². The summed E-state index contributed by atoms with van der Waals surface area (Å²) >= 11 is 1.59. The maximum Gasteiger partial charge on any atom is 0.252 e. The van der Waals surface area contributed by atoms with Crippen molar-refractivity contribution in [2.24, 2.45) is 12.8 Å². The number of thiazole rings is 1. The molecule has 0 aliphatic heterocycles. The molecule has 1 amide bonds. The lowest BCUT2D eigenvalue weighted by Crippen LogP contribution is -2.27. The molecular formula is C24H25N5OS. The predicted octanol–water partition coefficient (Wildman–Crippen LogP) is 4.47. The van der Waals surface area contributed by atoms with E-state index in [1.165, 1.54) is 0 Å². The molecule has 0 fully saturated rings. The SMILES string of the molecule is Cc1ccc(CN)cc1C(=O)NC(C)c1cc(-c2cnn(C)c2)cc(-c2nccs2)c1. The third-order valence-corrected chi connectivity index (χ3v) is 6.12. The molecule has 4 rings (SSSR count). The molecule has 2 aromatic heterocycles. The molecule has 2 heterocycles. The highest BCUT2D eigenvalue weighted by molar-refractivity contribution is 7.13. The van der Waals surface area contributed by atoms with Gasteiger partial charge in [-0.15, -0.1) is 11.3 Å². The smallest absolute Gasteiger partial charge is 0.252 e. The van der Waals surface area contributed by atoms with Gasteiger partial charge in [0.2, 0.25) is 0 Å². The molecule has 1 unspecified atom stereocenters. The summed E-state index contributed by atoms with van der Waals surface area (Å²) in [6, 6.07) is 11.9. The Labute approximate surface area is 185 Å². The van der Waals surface area contributed by atoms with Crippen LogP contribution < -0.4 is 11.1 Å². The van der Waals surface area contributed by atoms with Crippen LogP contribution in [0.3, 0.4) is 0 Å². The lowest BCUT2D eigenvalue weighted by Gasteiger charge is -2.18. The van der Waals surface area contributed by atoms with Crippen molar-refractivity contribution in [1.29, 1.82) is 0 Å². The molecule has 1 atom stereocenters. The van der Waals surface area contributed by atoms with Crippen molar-refractivity contribution in [2.75, 3.05) is 0 Å². The second kappa shape index (κ2) is 8.83. The van der Waals surface area contributed by atoms with Gasteiger partial charge in [0, 0.05) is 48.1 Å².